The van der Waals surface area contributed by atoms with Crippen LogP contribution in [0.25, 0.3) is 0 Å². The van der Waals surface area contributed by atoms with E-state index in [0.29, 0.717) is 17.1 Å². The maximum Gasteiger partial charge on any atom is 0.161 e. The van der Waals surface area contributed by atoms with Gasteiger partial charge in [-0.2, -0.15) is 0 Å². The van der Waals surface area contributed by atoms with Crippen molar-refractivity contribution in [2.45, 2.75) is 13.5 Å². The third kappa shape index (κ3) is 4.19. The minimum absolute atomic E-state index is 0.0317. The Kier molecular flexibility index (Phi) is 5.43. The van der Waals surface area contributed by atoms with Gasteiger partial charge in [0.05, 0.1) is 19.5 Å². The molecule has 0 amide bonds. The topological polar surface area (TPSA) is 72.8 Å². The Morgan fingerprint density at radius 3 is 2.56 bits per heavy atom. The van der Waals surface area contributed by atoms with E-state index in [0.717, 1.165) is 0 Å². The van der Waals surface area contributed by atoms with Crippen molar-refractivity contribution in [3.63, 3.8) is 0 Å². The molecule has 5 nitrogen and oxygen atoms in total. The first-order valence-electron chi connectivity index (χ1n) is 5.63. The summed E-state index contributed by atoms with van der Waals surface area (Å²) >= 11 is 0. The number of hydrogen-bond acceptors (Lipinski definition) is 5. The van der Waals surface area contributed by atoms with Crippen molar-refractivity contribution in [3.05, 3.63) is 23.8 Å². The molecule has 0 aliphatic heterocycles. The van der Waals surface area contributed by atoms with E-state index in [9.17, 15) is 8.42 Å². The molecule has 18 heavy (non-hydrogen) atoms. The standard InChI is InChI=1S/C12H18O5S/c1-3-18(14,15)7-6-17-12-8-10(9-13)4-5-11(12)16-2/h4-5,8,13H,3,6-7,9H2,1-2H3. The van der Waals surface area contributed by atoms with Crippen LogP contribution >= 0.6 is 0 Å². The van der Waals surface area contributed by atoms with Crippen LogP contribution in [0.3, 0.4) is 0 Å². The summed E-state index contributed by atoms with van der Waals surface area (Å²) in [5, 5.41) is 9.03. The fourth-order valence-corrected chi connectivity index (χ4v) is 1.98. The van der Waals surface area contributed by atoms with Crippen molar-refractivity contribution < 1.29 is 23.0 Å². The van der Waals surface area contributed by atoms with Crippen molar-refractivity contribution >= 4 is 9.84 Å². The second-order valence-electron chi connectivity index (χ2n) is 3.73. The molecular formula is C12H18O5S. The van der Waals surface area contributed by atoms with E-state index in [2.05, 4.69) is 0 Å². The molecule has 0 aromatic heterocycles. The minimum atomic E-state index is -3.04. The Labute approximate surface area is 107 Å². The molecule has 0 saturated carbocycles. The van der Waals surface area contributed by atoms with Gasteiger partial charge in [0.25, 0.3) is 0 Å². The molecule has 0 heterocycles. The molecule has 0 spiro atoms. The van der Waals surface area contributed by atoms with Gasteiger partial charge in [0.1, 0.15) is 6.61 Å². The third-order valence-corrected chi connectivity index (χ3v) is 4.17. The predicted molar refractivity (Wildman–Crippen MR) is 68.7 cm³/mol. The Hall–Kier alpha value is -1.27. The SMILES string of the molecule is CCS(=O)(=O)CCOc1cc(CO)ccc1OC. The van der Waals surface area contributed by atoms with Crippen LogP contribution in [-0.2, 0) is 16.4 Å². The van der Waals surface area contributed by atoms with Crippen molar-refractivity contribution in [1.82, 2.24) is 0 Å². The first-order valence-corrected chi connectivity index (χ1v) is 7.45. The summed E-state index contributed by atoms with van der Waals surface area (Å²) in [4.78, 5) is 0. The van der Waals surface area contributed by atoms with Gasteiger partial charge in [-0.3, -0.25) is 0 Å². The monoisotopic (exact) mass is 274 g/mol. The van der Waals surface area contributed by atoms with E-state index in [-0.39, 0.29) is 24.7 Å². The largest absolute Gasteiger partial charge is 0.493 e. The van der Waals surface area contributed by atoms with Gasteiger partial charge in [-0.25, -0.2) is 8.42 Å². The lowest BCUT2D eigenvalue weighted by molar-refractivity contribution is 0.278. The highest BCUT2D eigenvalue weighted by Crippen LogP contribution is 2.28. The first kappa shape index (κ1) is 14.8. The molecule has 1 rings (SSSR count). The number of benzene rings is 1. The van der Waals surface area contributed by atoms with Gasteiger partial charge < -0.3 is 14.6 Å². The van der Waals surface area contributed by atoms with Crippen LogP contribution in [0.1, 0.15) is 12.5 Å². The highest BCUT2D eigenvalue weighted by Gasteiger charge is 2.10. The number of sulfone groups is 1. The molecule has 0 aliphatic rings. The number of hydrogen-bond donors (Lipinski definition) is 1. The maximum absolute atomic E-state index is 11.3. The van der Waals surface area contributed by atoms with Gasteiger partial charge in [-0.05, 0) is 17.7 Å². The maximum atomic E-state index is 11.3. The molecular weight excluding hydrogens is 256 g/mol. The minimum Gasteiger partial charge on any atom is -0.493 e. The van der Waals surface area contributed by atoms with E-state index in [4.69, 9.17) is 14.6 Å². The average molecular weight is 274 g/mol. The Bertz CT molecular complexity index is 481. The lowest BCUT2D eigenvalue weighted by atomic mass is 10.2. The van der Waals surface area contributed by atoms with E-state index >= 15 is 0 Å². The molecule has 0 radical (unpaired) electrons. The molecule has 1 N–H and O–H groups in total. The van der Waals surface area contributed by atoms with Crippen LogP contribution in [0.2, 0.25) is 0 Å². The number of aliphatic hydroxyl groups excluding tert-OH is 1. The molecule has 0 fully saturated rings. The van der Waals surface area contributed by atoms with Crippen molar-refractivity contribution in [1.29, 1.82) is 0 Å². The number of ether oxygens (including phenoxy) is 2. The fraction of sp³-hybridized carbons (Fsp3) is 0.500. The van der Waals surface area contributed by atoms with E-state index in [1.165, 1.54) is 7.11 Å². The number of methoxy groups -OCH3 is 1. The fourth-order valence-electron chi connectivity index (χ4n) is 1.36. The zero-order valence-electron chi connectivity index (χ0n) is 10.5. The summed E-state index contributed by atoms with van der Waals surface area (Å²) in [6.07, 6.45) is 0. The van der Waals surface area contributed by atoms with Gasteiger partial charge in [0.15, 0.2) is 21.3 Å². The van der Waals surface area contributed by atoms with Gasteiger partial charge in [-0.1, -0.05) is 13.0 Å². The van der Waals surface area contributed by atoms with Crippen LogP contribution in [0.15, 0.2) is 18.2 Å². The molecule has 1 aromatic rings. The van der Waals surface area contributed by atoms with E-state index in [1.807, 2.05) is 0 Å². The van der Waals surface area contributed by atoms with E-state index < -0.39 is 9.84 Å². The average Bonchev–Trinajstić information content (AvgIpc) is 2.38. The van der Waals surface area contributed by atoms with E-state index in [1.54, 1.807) is 25.1 Å². The molecule has 1 aromatic carbocycles. The quantitative estimate of drug-likeness (QED) is 0.803. The molecule has 0 atom stereocenters. The summed E-state index contributed by atoms with van der Waals surface area (Å²) in [5.74, 6) is 1.02. The van der Waals surface area contributed by atoms with Crippen molar-refractivity contribution in [2.24, 2.45) is 0 Å². The van der Waals surface area contributed by atoms with Crippen LogP contribution in [0.4, 0.5) is 0 Å². The second kappa shape index (κ2) is 6.61. The zero-order valence-corrected chi connectivity index (χ0v) is 11.4. The molecule has 0 saturated heterocycles. The third-order valence-electron chi connectivity index (χ3n) is 2.50. The smallest absolute Gasteiger partial charge is 0.161 e. The highest BCUT2D eigenvalue weighted by molar-refractivity contribution is 7.91. The van der Waals surface area contributed by atoms with Crippen molar-refractivity contribution in [2.75, 3.05) is 25.2 Å². The Balaban J connectivity index is 2.71. The summed E-state index contributed by atoms with van der Waals surface area (Å²) < 4.78 is 33.1. The zero-order chi connectivity index (χ0) is 13.6. The number of rotatable bonds is 7. The van der Waals surface area contributed by atoms with Gasteiger partial charge in [-0.15, -0.1) is 0 Å². The summed E-state index contributed by atoms with van der Waals surface area (Å²) in [6.45, 7) is 1.57. The summed E-state index contributed by atoms with van der Waals surface area (Å²) in [5.41, 5.74) is 0.684. The van der Waals surface area contributed by atoms with Crippen LogP contribution in [0, 0.1) is 0 Å². The molecule has 102 valence electrons. The van der Waals surface area contributed by atoms with Crippen molar-refractivity contribution in [3.8, 4) is 11.5 Å². The van der Waals surface area contributed by atoms with Gasteiger partial charge in [0, 0.05) is 5.75 Å². The molecule has 0 aliphatic carbocycles. The Morgan fingerprint density at radius 1 is 1.28 bits per heavy atom. The first-order chi connectivity index (χ1) is 8.52. The van der Waals surface area contributed by atoms with Gasteiger partial charge >= 0.3 is 0 Å². The van der Waals surface area contributed by atoms with Crippen LogP contribution in [-0.4, -0.2) is 38.7 Å². The summed E-state index contributed by atoms with van der Waals surface area (Å²) in [7, 11) is -1.54. The molecule has 6 heteroatoms. The van der Waals surface area contributed by atoms with Gasteiger partial charge in [0.2, 0.25) is 0 Å². The predicted octanol–water partition coefficient (Wildman–Crippen LogP) is 1.00. The normalized spacial score (nSPS) is 11.3. The Morgan fingerprint density at radius 2 is 2.00 bits per heavy atom. The lowest BCUT2D eigenvalue weighted by Crippen LogP contribution is -2.15. The van der Waals surface area contributed by atoms with Crippen LogP contribution in [0.5, 0.6) is 11.5 Å². The lowest BCUT2D eigenvalue weighted by Gasteiger charge is -2.11. The summed E-state index contributed by atoms with van der Waals surface area (Å²) in [6, 6.07) is 5.03. The van der Waals surface area contributed by atoms with Crippen LogP contribution < -0.4 is 9.47 Å². The number of aliphatic hydroxyl groups is 1. The molecule has 0 unspecified atom stereocenters. The second-order valence-corrected chi connectivity index (χ2v) is 6.20. The highest BCUT2D eigenvalue weighted by atomic mass is 32.2. The molecule has 0 bridgehead atoms.